The van der Waals surface area contributed by atoms with Crippen LogP contribution in [0, 0.1) is 11.8 Å². The molecule has 1 unspecified atom stereocenters. The summed E-state index contributed by atoms with van der Waals surface area (Å²) in [6, 6.07) is 2.08. The van der Waals surface area contributed by atoms with Crippen molar-refractivity contribution >= 4 is 23.2 Å². The molecular formula is C23H35N3O2S. The summed E-state index contributed by atoms with van der Waals surface area (Å²) in [5, 5.41) is 3.16. The van der Waals surface area contributed by atoms with Gasteiger partial charge < -0.3 is 15.1 Å². The molecule has 1 aromatic rings. The van der Waals surface area contributed by atoms with Crippen LogP contribution in [0.25, 0.3) is 0 Å². The van der Waals surface area contributed by atoms with Gasteiger partial charge in [0.1, 0.15) is 0 Å². The van der Waals surface area contributed by atoms with Crippen molar-refractivity contribution in [1.82, 2.24) is 15.1 Å². The van der Waals surface area contributed by atoms with E-state index in [0.717, 1.165) is 69.1 Å². The summed E-state index contributed by atoms with van der Waals surface area (Å²) in [6.45, 7) is 8.09. The fraction of sp³-hybridized carbons (Fsp3) is 0.739. The molecule has 1 aliphatic carbocycles. The molecular weight excluding hydrogens is 382 g/mol. The molecule has 6 heteroatoms. The van der Waals surface area contributed by atoms with Gasteiger partial charge in [-0.05, 0) is 75.6 Å². The van der Waals surface area contributed by atoms with Gasteiger partial charge in [0.15, 0.2) is 0 Å². The molecule has 0 radical (unpaired) electrons. The zero-order valence-electron chi connectivity index (χ0n) is 17.8. The van der Waals surface area contributed by atoms with Gasteiger partial charge in [0, 0.05) is 37.0 Å². The summed E-state index contributed by atoms with van der Waals surface area (Å²) < 4.78 is 0. The number of hydrogen-bond donors (Lipinski definition) is 1. The van der Waals surface area contributed by atoms with Crippen LogP contribution in [-0.4, -0.2) is 60.9 Å². The maximum Gasteiger partial charge on any atom is 0.263 e. The lowest BCUT2D eigenvalue weighted by Crippen LogP contribution is -2.40. The van der Waals surface area contributed by atoms with E-state index in [1.165, 1.54) is 42.8 Å². The van der Waals surface area contributed by atoms with Gasteiger partial charge >= 0.3 is 0 Å². The number of fused-ring (bicyclic) bond motifs is 1. The van der Waals surface area contributed by atoms with Gasteiger partial charge in [-0.1, -0.05) is 13.3 Å². The molecule has 160 valence electrons. The molecule has 1 N–H and O–H groups in total. The average Bonchev–Trinajstić information content (AvgIpc) is 3.18. The lowest BCUT2D eigenvalue weighted by Gasteiger charge is -2.29. The molecule has 3 aliphatic rings. The number of hydrogen-bond acceptors (Lipinski definition) is 4. The molecule has 5 nitrogen and oxygen atoms in total. The van der Waals surface area contributed by atoms with Gasteiger partial charge in [0.05, 0.1) is 4.88 Å². The molecule has 2 saturated heterocycles. The number of carbonyl (C=O) groups is 2. The van der Waals surface area contributed by atoms with Crippen LogP contribution in [0.3, 0.4) is 0 Å². The van der Waals surface area contributed by atoms with E-state index in [0.29, 0.717) is 0 Å². The summed E-state index contributed by atoms with van der Waals surface area (Å²) in [6.07, 6.45) is 8.74. The maximum atomic E-state index is 12.9. The van der Waals surface area contributed by atoms with E-state index in [1.807, 2.05) is 4.90 Å². The molecule has 0 saturated carbocycles. The Balaban J connectivity index is 1.28. The van der Waals surface area contributed by atoms with Crippen LogP contribution < -0.4 is 5.32 Å². The first-order chi connectivity index (χ1) is 14.1. The second-order valence-electron chi connectivity index (χ2n) is 9.17. The number of amides is 2. The van der Waals surface area contributed by atoms with Crippen molar-refractivity contribution in [2.24, 2.45) is 11.8 Å². The minimum Gasteiger partial charge on any atom is -0.355 e. The number of nitrogens with zero attached hydrogens (tertiary/aromatic N) is 2. The number of thiophene rings is 1. The summed E-state index contributed by atoms with van der Waals surface area (Å²) in [7, 11) is 0. The van der Waals surface area contributed by atoms with Gasteiger partial charge in [-0.3, -0.25) is 9.59 Å². The molecule has 2 aliphatic heterocycles. The Morgan fingerprint density at radius 3 is 2.62 bits per heavy atom. The van der Waals surface area contributed by atoms with Crippen molar-refractivity contribution in [3.8, 4) is 0 Å². The summed E-state index contributed by atoms with van der Waals surface area (Å²) >= 11 is 1.66. The SMILES string of the molecule is CC1CCN(C(=O)c2cc3c(s2)CCC(C(=O)NCCN2CCCCC2)C3)CC1. The Bertz CT molecular complexity index is 718. The van der Waals surface area contributed by atoms with Crippen molar-refractivity contribution in [2.75, 3.05) is 39.3 Å². The van der Waals surface area contributed by atoms with Gasteiger partial charge in [0.25, 0.3) is 5.91 Å². The zero-order chi connectivity index (χ0) is 20.2. The second kappa shape index (κ2) is 9.61. The first-order valence-electron chi connectivity index (χ1n) is 11.5. The predicted octanol–water partition coefficient (Wildman–Crippen LogP) is 3.33. The highest BCUT2D eigenvalue weighted by Crippen LogP contribution is 2.33. The first-order valence-corrected chi connectivity index (χ1v) is 12.3. The van der Waals surface area contributed by atoms with E-state index >= 15 is 0 Å². The normalized spacial score (nSPS) is 23.6. The summed E-state index contributed by atoms with van der Waals surface area (Å²) in [5.41, 5.74) is 1.23. The zero-order valence-corrected chi connectivity index (χ0v) is 18.6. The molecule has 0 bridgehead atoms. The molecule has 29 heavy (non-hydrogen) atoms. The van der Waals surface area contributed by atoms with E-state index in [1.54, 1.807) is 11.3 Å². The molecule has 0 aromatic carbocycles. The lowest BCUT2D eigenvalue weighted by molar-refractivity contribution is -0.125. The third-order valence-electron chi connectivity index (χ3n) is 6.91. The summed E-state index contributed by atoms with van der Waals surface area (Å²) in [5.74, 6) is 1.16. The van der Waals surface area contributed by atoms with E-state index in [9.17, 15) is 9.59 Å². The van der Waals surface area contributed by atoms with Crippen LogP contribution in [0.1, 0.15) is 65.6 Å². The number of aryl methyl sites for hydroxylation is 1. The van der Waals surface area contributed by atoms with Crippen molar-refractivity contribution in [2.45, 2.75) is 58.3 Å². The van der Waals surface area contributed by atoms with Crippen LogP contribution in [0.5, 0.6) is 0 Å². The Kier molecular flexibility index (Phi) is 6.91. The van der Waals surface area contributed by atoms with Crippen LogP contribution in [-0.2, 0) is 17.6 Å². The smallest absolute Gasteiger partial charge is 0.263 e. The fourth-order valence-electron chi connectivity index (χ4n) is 4.88. The van der Waals surface area contributed by atoms with Gasteiger partial charge in [0.2, 0.25) is 5.91 Å². The summed E-state index contributed by atoms with van der Waals surface area (Å²) in [4.78, 5) is 32.2. The predicted molar refractivity (Wildman–Crippen MR) is 117 cm³/mol. The highest BCUT2D eigenvalue weighted by molar-refractivity contribution is 7.14. The van der Waals surface area contributed by atoms with E-state index < -0.39 is 0 Å². The van der Waals surface area contributed by atoms with Crippen molar-refractivity contribution in [3.05, 3.63) is 21.4 Å². The molecule has 2 fully saturated rings. The number of likely N-dealkylation sites (tertiary alicyclic amines) is 2. The molecule has 2 amide bonds. The van der Waals surface area contributed by atoms with Crippen LogP contribution in [0.2, 0.25) is 0 Å². The van der Waals surface area contributed by atoms with Gasteiger partial charge in [-0.25, -0.2) is 0 Å². The number of rotatable bonds is 5. The molecule has 0 spiro atoms. The Morgan fingerprint density at radius 2 is 1.86 bits per heavy atom. The number of carbonyl (C=O) groups excluding carboxylic acids is 2. The Hall–Kier alpha value is -1.40. The average molecular weight is 418 g/mol. The number of piperidine rings is 2. The topological polar surface area (TPSA) is 52.7 Å². The standard InChI is InChI=1S/C23H35N3O2S/c1-17-7-12-26(13-8-17)23(28)21-16-19-15-18(5-6-20(19)29-21)22(27)24-9-14-25-10-3-2-4-11-25/h16-18H,2-15H2,1H3,(H,24,27). The molecule has 1 aromatic heterocycles. The van der Waals surface area contributed by atoms with Crippen molar-refractivity contribution in [1.29, 1.82) is 0 Å². The largest absolute Gasteiger partial charge is 0.355 e. The lowest BCUT2D eigenvalue weighted by atomic mass is 9.87. The van der Waals surface area contributed by atoms with E-state index in [-0.39, 0.29) is 17.7 Å². The van der Waals surface area contributed by atoms with Crippen molar-refractivity contribution in [3.63, 3.8) is 0 Å². The molecule has 4 rings (SSSR count). The minimum atomic E-state index is 0.0530. The first kappa shape index (κ1) is 20.9. The third kappa shape index (κ3) is 5.21. The number of nitrogens with one attached hydrogen (secondary N) is 1. The van der Waals surface area contributed by atoms with Gasteiger partial charge in [-0.15, -0.1) is 11.3 Å². The van der Waals surface area contributed by atoms with E-state index in [2.05, 4.69) is 23.2 Å². The van der Waals surface area contributed by atoms with Crippen LogP contribution in [0.15, 0.2) is 6.07 Å². The maximum absolute atomic E-state index is 12.9. The van der Waals surface area contributed by atoms with Crippen molar-refractivity contribution < 1.29 is 9.59 Å². The quantitative estimate of drug-likeness (QED) is 0.800. The molecule has 1 atom stereocenters. The van der Waals surface area contributed by atoms with Gasteiger partial charge in [-0.2, -0.15) is 0 Å². The third-order valence-corrected chi connectivity index (χ3v) is 8.14. The minimum absolute atomic E-state index is 0.0530. The highest BCUT2D eigenvalue weighted by atomic mass is 32.1. The van der Waals surface area contributed by atoms with Crippen LogP contribution in [0.4, 0.5) is 0 Å². The molecule has 3 heterocycles. The Morgan fingerprint density at radius 1 is 1.10 bits per heavy atom. The van der Waals surface area contributed by atoms with Crippen LogP contribution >= 0.6 is 11.3 Å². The van der Waals surface area contributed by atoms with E-state index in [4.69, 9.17) is 0 Å². The fourth-order valence-corrected chi connectivity index (χ4v) is 6.06. The Labute approximate surface area is 178 Å². The highest BCUT2D eigenvalue weighted by Gasteiger charge is 2.29. The second-order valence-corrected chi connectivity index (χ2v) is 10.3. The monoisotopic (exact) mass is 417 g/mol.